The monoisotopic (exact) mass is 203 g/mol. The SMILES string of the molecule is O=C(NC1CC1)C1COc2ccccc21. The van der Waals surface area contributed by atoms with Gasteiger partial charge in [0, 0.05) is 11.6 Å². The fraction of sp³-hybridized carbons (Fsp3) is 0.417. The van der Waals surface area contributed by atoms with Crippen LogP contribution < -0.4 is 10.1 Å². The van der Waals surface area contributed by atoms with E-state index in [0.717, 1.165) is 24.2 Å². The minimum atomic E-state index is -0.109. The van der Waals surface area contributed by atoms with Crippen LogP contribution in [0.4, 0.5) is 0 Å². The van der Waals surface area contributed by atoms with Crippen molar-refractivity contribution in [1.82, 2.24) is 5.32 Å². The number of benzene rings is 1. The van der Waals surface area contributed by atoms with E-state index in [1.807, 2.05) is 24.3 Å². The highest BCUT2D eigenvalue weighted by molar-refractivity contribution is 5.85. The lowest BCUT2D eigenvalue weighted by Crippen LogP contribution is -2.31. The molecular formula is C12H13NO2. The number of amides is 1. The normalized spacial score (nSPS) is 23.1. The minimum Gasteiger partial charge on any atom is -0.492 e. The number of hydrogen-bond acceptors (Lipinski definition) is 2. The fourth-order valence-corrected chi connectivity index (χ4v) is 1.91. The average molecular weight is 203 g/mol. The molecule has 1 aliphatic carbocycles. The van der Waals surface area contributed by atoms with Crippen LogP contribution in [-0.2, 0) is 4.79 Å². The first-order valence-corrected chi connectivity index (χ1v) is 5.37. The van der Waals surface area contributed by atoms with Crippen LogP contribution in [-0.4, -0.2) is 18.6 Å². The van der Waals surface area contributed by atoms with E-state index in [-0.39, 0.29) is 11.8 Å². The van der Waals surface area contributed by atoms with E-state index in [1.165, 1.54) is 0 Å². The first-order chi connectivity index (χ1) is 7.34. The first-order valence-electron chi connectivity index (χ1n) is 5.37. The van der Waals surface area contributed by atoms with Crippen LogP contribution in [0.3, 0.4) is 0 Å². The molecule has 1 fully saturated rings. The van der Waals surface area contributed by atoms with E-state index < -0.39 is 0 Å². The van der Waals surface area contributed by atoms with Gasteiger partial charge in [-0.1, -0.05) is 18.2 Å². The van der Waals surface area contributed by atoms with Crippen molar-refractivity contribution in [1.29, 1.82) is 0 Å². The van der Waals surface area contributed by atoms with Crippen LogP contribution in [0.1, 0.15) is 24.3 Å². The van der Waals surface area contributed by atoms with E-state index in [1.54, 1.807) is 0 Å². The Labute approximate surface area is 88.4 Å². The van der Waals surface area contributed by atoms with Gasteiger partial charge in [0.25, 0.3) is 0 Å². The molecule has 0 saturated heterocycles. The summed E-state index contributed by atoms with van der Waals surface area (Å²) < 4.78 is 5.47. The minimum absolute atomic E-state index is 0.109. The zero-order valence-corrected chi connectivity index (χ0v) is 8.40. The smallest absolute Gasteiger partial charge is 0.231 e. The molecule has 0 bridgehead atoms. The van der Waals surface area contributed by atoms with Gasteiger partial charge in [0.1, 0.15) is 18.3 Å². The van der Waals surface area contributed by atoms with Crippen molar-refractivity contribution < 1.29 is 9.53 Å². The van der Waals surface area contributed by atoms with Gasteiger partial charge in [-0.25, -0.2) is 0 Å². The molecule has 3 heteroatoms. The lowest BCUT2D eigenvalue weighted by atomic mass is 10.0. The maximum atomic E-state index is 11.9. The molecule has 1 N–H and O–H groups in total. The molecule has 1 heterocycles. The van der Waals surface area contributed by atoms with Crippen LogP contribution in [0, 0.1) is 0 Å². The van der Waals surface area contributed by atoms with E-state index >= 15 is 0 Å². The topological polar surface area (TPSA) is 38.3 Å². The average Bonchev–Trinajstić information content (AvgIpc) is 2.96. The third kappa shape index (κ3) is 1.58. The Hall–Kier alpha value is -1.51. The molecule has 2 aliphatic rings. The molecule has 1 atom stereocenters. The predicted octanol–water partition coefficient (Wildman–Crippen LogP) is 1.44. The summed E-state index contributed by atoms with van der Waals surface area (Å²) in [5.74, 6) is 0.859. The summed E-state index contributed by atoms with van der Waals surface area (Å²) in [5.41, 5.74) is 1.02. The number of carbonyl (C=O) groups excluding carboxylic acids is 1. The Morgan fingerprint density at radius 3 is 2.93 bits per heavy atom. The van der Waals surface area contributed by atoms with Crippen molar-refractivity contribution in [3.05, 3.63) is 29.8 Å². The first kappa shape index (κ1) is 8.77. The highest BCUT2D eigenvalue weighted by atomic mass is 16.5. The molecular weight excluding hydrogens is 190 g/mol. The fourth-order valence-electron chi connectivity index (χ4n) is 1.91. The Balaban J connectivity index is 1.80. The largest absolute Gasteiger partial charge is 0.492 e. The lowest BCUT2D eigenvalue weighted by molar-refractivity contribution is -0.122. The quantitative estimate of drug-likeness (QED) is 0.789. The molecule has 1 aromatic carbocycles. The number of fused-ring (bicyclic) bond motifs is 1. The number of carbonyl (C=O) groups is 1. The predicted molar refractivity (Wildman–Crippen MR) is 55.8 cm³/mol. The zero-order valence-electron chi connectivity index (χ0n) is 8.40. The number of para-hydroxylation sites is 1. The summed E-state index contributed by atoms with van der Waals surface area (Å²) in [6.07, 6.45) is 2.25. The van der Waals surface area contributed by atoms with Gasteiger partial charge in [-0.15, -0.1) is 0 Å². The third-order valence-electron chi connectivity index (χ3n) is 2.94. The lowest BCUT2D eigenvalue weighted by Gasteiger charge is -2.08. The Morgan fingerprint density at radius 1 is 1.33 bits per heavy atom. The molecule has 1 saturated carbocycles. The summed E-state index contributed by atoms with van der Waals surface area (Å²) >= 11 is 0. The highest BCUT2D eigenvalue weighted by Crippen LogP contribution is 2.34. The van der Waals surface area contributed by atoms with Gasteiger partial charge in [0.15, 0.2) is 0 Å². The van der Waals surface area contributed by atoms with Crippen LogP contribution in [0.2, 0.25) is 0 Å². The number of hydrogen-bond donors (Lipinski definition) is 1. The van der Waals surface area contributed by atoms with Gasteiger partial charge in [-0.2, -0.15) is 0 Å². The summed E-state index contributed by atoms with van der Waals surface area (Å²) in [4.78, 5) is 11.9. The second-order valence-electron chi connectivity index (χ2n) is 4.18. The van der Waals surface area contributed by atoms with Gasteiger partial charge in [-0.3, -0.25) is 4.79 Å². The van der Waals surface area contributed by atoms with Crippen molar-refractivity contribution in [2.75, 3.05) is 6.61 Å². The van der Waals surface area contributed by atoms with Crippen molar-refractivity contribution in [2.45, 2.75) is 24.8 Å². The summed E-state index contributed by atoms with van der Waals surface area (Å²) in [7, 11) is 0. The molecule has 1 aromatic rings. The van der Waals surface area contributed by atoms with E-state index in [2.05, 4.69) is 5.32 Å². The third-order valence-corrected chi connectivity index (χ3v) is 2.94. The molecule has 15 heavy (non-hydrogen) atoms. The molecule has 1 unspecified atom stereocenters. The molecule has 0 radical (unpaired) electrons. The van der Waals surface area contributed by atoms with Gasteiger partial charge >= 0.3 is 0 Å². The molecule has 0 aromatic heterocycles. The van der Waals surface area contributed by atoms with Crippen LogP contribution in [0.5, 0.6) is 5.75 Å². The van der Waals surface area contributed by atoms with Crippen LogP contribution >= 0.6 is 0 Å². The molecule has 0 spiro atoms. The molecule has 78 valence electrons. The maximum Gasteiger partial charge on any atom is 0.231 e. The van der Waals surface area contributed by atoms with E-state index in [9.17, 15) is 4.79 Å². The molecule has 3 rings (SSSR count). The number of rotatable bonds is 2. The summed E-state index contributed by atoms with van der Waals surface area (Å²) in [6, 6.07) is 8.19. The Kier molecular flexibility index (Phi) is 1.91. The van der Waals surface area contributed by atoms with E-state index in [4.69, 9.17) is 4.74 Å². The summed E-state index contributed by atoms with van der Waals surface area (Å²) in [5, 5.41) is 3.02. The van der Waals surface area contributed by atoms with Gasteiger partial charge < -0.3 is 10.1 Å². The second kappa shape index (κ2) is 3.26. The van der Waals surface area contributed by atoms with E-state index in [0.29, 0.717) is 12.6 Å². The standard InChI is InChI=1S/C12H13NO2/c14-12(13-8-5-6-8)10-7-15-11-4-2-1-3-9(10)11/h1-4,8,10H,5-7H2,(H,13,14). The Morgan fingerprint density at radius 2 is 2.13 bits per heavy atom. The maximum absolute atomic E-state index is 11.9. The number of nitrogens with one attached hydrogen (secondary N) is 1. The van der Waals surface area contributed by atoms with Crippen molar-refractivity contribution in [3.63, 3.8) is 0 Å². The zero-order chi connectivity index (χ0) is 10.3. The Bertz CT molecular complexity index is 398. The van der Waals surface area contributed by atoms with Gasteiger partial charge in [0.2, 0.25) is 5.91 Å². The molecule has 3 nitrogen and oxygen atoms in total. The second-order valence-corrected chi connectivity index (χ2v) is 4.18. The van der Waals surface area contributed by atoms with Crippen molar-refractivity contribution in [2.24, 2.45) is 0 Å². The van der Waals surface area contributed by atoms with Crippen molar-refractivity contribution >= 4 is 5.91 Å². The number of ether oxygens (including phenoxy) is 1. The summed E-state index contributed by atoms with van der Waals surface area (Å²) in [6.45, 7) is 0.484. The van der Waals surface area contributed by atoms with Crippen LogP contribution in [0.15, 0.2) is 24.3 Å². The van der Waals surface area contributed by atoms with Gasteiger partial charge in [0.05, 0.1) is 0 Å². The van der Waals surface area contributed by atoms with Crippen LogP contribution in [0.25, 0.3) is 0 Å². The molecule has 1 aliphatic heterocycles. The highest BCUT2D eigenvalue weighted by Gasteiger charge is 2.33. The van der Waals surface area contributed by atoms with Crippen molar-refractivity contribution in [3.8, 4) is 5.75 Å². The molecule has 1 amide bonds. The van der Waals surface area contributed by atoms with Gasteiger partial charge in [-0.05, 0) is 18.9 Å².